The normalized spacial score (nSPS) is 16.8. The zero-order valence-corrected chi connectivity index (χ0v) is 13.2. The molecule has 4 nitrogen and oxygen atoms in total. The van der Waals surface area contributed by atoms with Gasteiger partial charge in [0.2, 0.25) is 0 Å². The van der Waals surface area contributed by atoms with Crippen molar-refractivity contribution < 1.29 is 27.9 Å². The van der Waals surface area contributed by atoms with Crippen LogP contribution >= 0.6 is 0 Å². The number of rotatable bonds is 6. The summed E-state index contributed by atoms with van der Waals surface area (Å²) in [4.78, 5) is 23.4. The van der Waals surface area contributed by atoms with Gasteiger partial charge in [-0.3, -0.25) is 9.59 Å². The summed E-state index contributed by atoms with van der Waals surface area (Å²) in [6, 6.07) is 5.95. The van der Waals surface area contributed by atoms with Gasteiger partial charge >= 0.3 is 12.1 Å². The van der Waals surface area contributed by atoms with Crippen molar-refractivity contribution in [2.75, 3.05) is 0 Å². The SMILES string of the molecule is O=C(O)CC1(NC(=O)c2ccc(CCC(F)(F)F)cc2)CCCC1. The number of carboxylic acids is 1. The van der Waals surface area contributed by atoms with Crippen LogP contribution in [0.25, 0.3) is 0 Å². The van der Waals surface area contributed by atoms with Crippen molar-refractivity contribution in [2.45, 2.75) is 56.7 Å². The second kappa shape index (κ2) is 7.23. The number of halogens is 3. The summed E-state index contributed by atoms with van der Waals surface area (Å²) < 4.78 is 36.6. The van der Waals surface area contributed by atoms with Gasteiger partial charge in [0, 0.05) is 12.0 Å². The number of aliphatic carboxylic acids is 1. The lowest BCUT2D eigenvalue weighted by Gasteiger charge is -2.28. The molecule has 0 saturated heterocycles. The van der Waals surface area contributed by atoms with E-state index in [9.17, 15) is 22.8 Å². The summed E-state index contributed by atoms with van der Waals surface area (Å²) in [6.07, 6.45) is -2.39. The average molecular weight is 343 g/mol. The van der Waals surface area contributed by atoms with Crippen LogP contribution in [0.15, 0.2) is 24.3 Å². The number of amides is 1. The lowest BCUT2D eigenvalue weighted by molar-refractivity contribution is -0.138. The van der Waals surface area contributed by atoms with Crippen molar-refractivity contribution in [3.05, 3.63) is 35.4 Å². The van der Waals surface area contributed by atoms with Crippen LogP contribution in [0, 0.1) is 0 Å². The molecule has 0 bridgehead atoms. The van der Waals surface area contributed by atoms with Crippen molar-refractivity contribution in [3.63, 3.8) is 0 Å². The van der Waals surface area contributed by atoms with Crippen molar-refractivity contribution in [1.82, 2.24) is 5.32 Å². The molecule has 0 atom stereocenters. The molecule has 7 heteroatoms. The van der Waals surface area contributed by atoms with Crippen LogP contribution in [0.1, 0.15) is 54.4 Å². The third kappa shape index (κ3) is 5.25. The summed E-state index contributed by atoms with van der Waals surface area (Å²) in [6.45, 7) is 0. The van der Waals surface area contributed by atoms with E-state index in [0.717, 1.165) is 12.8 Å². The fourth-order valence-corrected chi connectivity index (χ4v) is 3.11. The summed E-state index contributed by atoms with van der Waals surface area (Å²) in [5.74, 6) is -1.35. The van der Waals surface area contributed by atoms with E-state index in [-0.39, 0.29) is 18.7 Å². The fraction of sp³-hybridized carbons (Fsp3) is 0.529. The number of aryl methyl sites for hydroxylation is 1. The summed E-state index contributed by atoms with van der Waals surface area (Å²) in [7, 11) is 0. The Morgan fingerprint density at radius 3 is 2.21 bits per heavy atom. The highest BCUT2D eigenvalue weighted by atomic mass is 19.4. The lowest BCUT2D eigenvalue weighted by Crippen LogP contribution is -2.47. The van der Waals surface area contributed by atoms with E-state index in [0.29, 0.717) is 24.0 Å². The van der Waals surface area contributed by atoms with E-state index in [1.807, 2.05) is 0 Å². The maximum absolute atomic E-state index is 12.3. The van der Waals surface area contributed by atoms with Crippen LogP contribution in [0.4, 0.5) is 13.2 Å². The Bertz CT molecular complexity index is 590. The van der Waals surface area contributed by atoms with Crippen molar-refractivity contribution in [2.24, 2.45) is 0 Å². The molecule has 0 aliphatic heterocycles. The molecule has 2 N–H and O–H groups in total. The minimum Gasteiger partial charge on any atom is -0.481 e. The number of benzene rings is 1. The van der Waals surface area contributed by atoms with Gasteiger partial charge in [-0.15, -0.1) is 0 Å². The predicted molar refractivity (Wildman–Crippen MR) is 81.7 cm³/mol. The Kier molecular flexibility index (Phi) is 5.51. The Labute approximate surface area is 138 Å². The predicted octanol–water partition coefficient (Wildman–Crippen LogP) is 3.70. The summed E-state index contributed by atoms with van der Waals surface area (Å²) in [5.41, 5.74) is 0.102. The first kappa shape index (κ1) is 18.3. The number of hydrogen-bond donors (Lipinski definition) is 2. The zero-order valence-electron chi connectivity index (χ0n) is 13.2. The van der Waals surface area contributed by atoms with Gasteiger partial charge in [-0.25, -0.2) is 0 Å². The third-order valence-corrected chi connectivity index (χ3v) is 4.34. The van der Waals surface area contributed by atoms with Crippen LogP contribution in [0.2, 0.25) is 0 Å². The third-order valence-electron chi connectivity index (χ3n) is 4.34. The van der Waals surface area contributed by atoms with Crippen LogP contribution in [0.5, 0.6) is 0 Å². The average Bonchev–Trinajstić information content (AvgIpc) is 2.92. The molecule has 1 amide bonds. The van der Waals surface area contributed by atoms with E-state index in [2.05, 4.69) is 5.32 Å². The van der Waals surface area contributed by atoms with E-state index in [1.165, 1.54) is 24.3 Å². The van der Waals surface area contributed by atoms with Crippen LogP contribution < -0.4 is 5.32 Å². The van der Waals surface area contributed by atoms with Gasteiger partial charge < -0.3 is 10.4 Å². The Morgan fingerprint density at radius 1 is 1.12 bits per heavy atom. The Morgan fingerprint density at radius 2 is 1.71 bits per heavy atom. The van der Waals surface area contributed by atoms with Gasteiger partial charge in [0.05, 0.1) is 12.0 Å². The number of carboxylic acid groups (broad SMARTS) is 1. The summed E-state index contributed by atoms with van der Waals surface area (Å²) in [5, 5.41) is 11.9. The van der Waals surface area contributed by atoms with E-state index in [4.69, 9.17) is 5.11 Å². The molecule has 1 aromatic rings. The van der Waals surface area contributed by atoms with Gasteiger partial charge in [0.15, 0.2) is 0 Å². The number of nitrogens with one attached hydrogen (secondary N) is 1. The monoisotopic (exact) mass is 343 g/mol. The first-order valence-electron chi connectivity index (χ1n) is 7.89. The first-order chi connectivity index (χ1) is 11.2. The Hall–Kier alpha value is -2.05. The van der Waals surface area contributed by atoms with E-state index < -0.39 is 24.1 Å². The van der Waals surface area contributed by atoms with Gasteiger partial charge in [0.25, 0.3) is 5.91 Å². The number of hydrogen-bond acceptors (Lipinski definition) is 2. The minimum atomic E-state index is -4.21. The molecule has 0 aromatic heterocycles. The van der Waals surface area contributed by atoms with Crippen molar-refractivity contribution in [1.29, 1.82) is 0 Å². The van der Waals surface area contributed by atoms with Crippen molar-refractivity contribution >= 4 is 11.9 Å². The molecule has 0 unspecified atom stereocenters. The molecule has 0 radical (unpaired) electrons. The van der Waals surface area contributed by atoms with Gasteiger partial charge in [-0.1, -0.05) is 25.0 Å². The fourth-order valence-electron chi connectivity index (χ4n) is 3.11. The molecule has 0 spiro atoms. The second-order valence-electron chi connectivity index (χ2n) is 6.32. The lowest BCUT2D eigenvalue weighted by atomic mass is 9.92. The standard InChI is InChI=1S/C17H20F3NO3/c18-17(19,20)10-7-12-3-5-13(6-4-12)15(24)21-16(11-14(22)23)8-1-2-9-16/h3-6H,1-2,7-11H2,(H,21,24)(H,22,23). The van der Waals surface area contributed by atoms with Crippen LogP contribution in [0.3, 0.4) is 0 Å². The molecule has 1 aliphatic rings. The van der Waals surface area contributed by atoms with Crippen molar-refractivity contribution in [3.8, 4) is 0 Å². The van der Waals surface area contributed by atoms with Crippen LogP contribution in [-0.4, -0.2) is 28.7 Å². The second-order valence-corrected chi connectivity index (χ2v) is 6.32. The quantitative estimate of drug-likeness (QED) is 0.828. The molecule has 1 aliphatic carbocycles. The van der Waals surface area contributed by atoms with Gasteiger partial charge in [-0.2, -0.15) is 13.2 Å². The number of carbonyl (C=O) groups excluding carboxylic acids is 1. The molecular formula is C17H20F3NO3. The maximum Gasteiger partial charge on any atom is 0.389 e. The largest absolute Gasteiger partial charge is 0.481 e. The van der Waals surface area contributed by atoms with E-state index >= 15 is 0 Å². The molecule has 1 aromatic carbocycles. The highest BCUT2D eigenvalue weighted by Crippen LogP contribution is 2.33. The molecular weight excluding hydrogens is 323 g/mol. The highest BCUT2D eigenvalue weighted by molar-refractivity contribution is 5.95. The molecule has 1 saturated carbocycles. The maximum atomic E-state index is 12.3. The smallest absolute Gasteiger partial charge is 0.389 e. The highest BCUT2D eigenvalue weighted by Gasteiger charge is 2.37. The zero-order chi connectivity index (χ0) is 17.8. The number of carbonyl (C=O) groups is 2. The molecule has 0 heterocycles. The van der Waals surface area contributed by atoms with E-state index in [1.54, 1.807) is 0 Å². The van der Waals surface area contributed by atoms with Gasteiger partial charge in [-0.05, 0) is 37.0 Å². The molecule has 2 rings (SSSR count). The molecule has 1 fully saturated rings. The summed E-state index contributed by atoms with van der Waals surface area (Å²) >= 11 is 0. The molecule has 132 valence electrons. The first-order valence-corrected chi connectivity index (χ1v) is 7.89. The molecule has 24 heavy (non-hydrogen) atoms. The minimum absolute atomic E-state index is 0.123. The topological polar surface area (TPSA) is 66.4 Å². The Balaban J connectivity index is 2.00. The van der Waals surface area contributed by atoms with Crippen LogP contribution in [-0.2, 0) is 11.2 Å². The number of alkyl halides is 3. The van der Waals surface area contributed by atoms with Gasteiger partial charge in [0.1, 0.15) is 0 Å².